The second kappa shape index (κ2) is 7.11. The molecule has 2 heterocycles. The Morgan fingerprint density at radius 2 is 1.89 bits per heavy atom. The quantitative estimate of drug-likeness (QED) is 0.837. The third-order valence-electron chi connectivity index (χ3n) is 6.71. The van der Waals surface area contributed by atoms with E-state index in [-0.39, 0.29) is 24.4 Å². The molecular formula is C21H27N3O4. The molecule has 7 nitrogen and oxygen atoms in total. The van der Waals surface area contributed by atoms with Crippen molar-refractivity contribution in [1.82, 2.24) is 9.80 Å². The first-order valence-electron chi connectivity index (χ1n) is 10.1. The molecule has 0 unspecified atom stereocenters. The fraction of sp³-hybridized carbons (Fsp3) is 0.571. The lowest BCUT2D eigenvalue weighted by Crippen LogP contribution is -2.39. The number of carbonyl (C=O) groups excluding carboxylic acids is 2. The van der Waals surface area contributed by atoms with Crippen molar-refractivity contribution in [1.29, 1.82) is 0 Å². The second-order valence-electron chi connectivity index (χ2n) is 8.36. The van der Waals surface area contributed by atoms with Crippen LogP contribution in [0.3, 0.4) is 0 Å². The molecule has 28 heavy (non-hydrogen) atoms. The van der Waals surface area contributed by atoms with Gasteiger partial charge in [0.05, 0.1) is 16.7 Å². The molecule has 2 saturated heterocycles. The lowest BCUT2D eigenvalue weighted by molar-refractivity contribution is -0.149. The van der Waals surface area contributed by atoms with Gasteiger partial charge in [0.15, 0.2) is 0 Å². The summed E-state index contributed by atoms with van der Waals surface area (Å²) in [6.45, 7) is 4.06. The number of aryl methyl sites for hydroxylation is 1. The maximum absolute atomic E-state index is 13.0. The number of carboxylic acids is 1. The first-order chi connectivity index (χ1) is 13.4. The van der Waals surface area contributed by atoms with Crippen LogP contribution in [0.15, 0.2) is 18.2 Å². The van der Waals surface area contributed by atoms with E-state index in [1.54, 1.807) is 11.0 Å². The lowest BCUT2D eigenvalue weighted by Gasteiger charge is -2.24. The molecule has 3 aliphatic rings. The van der Waals surface area contributed by atoms with Crippen LogP contribution in [0.25, 0.3) is 0 Å². The van der Waals surface area contributed by atoms with Gasteiger partial charge >= 0.3 is 12.0 Å². The number of likely N-dealkylation sites (tertiary alicyclic amines) is 2. The zero-order valence-corrected chi connectivity index (χ0v) is 16.2. The Labute approximate surface area is 164 Å². The van der Waals surface area contributed by atoms with Crippen LogP contribution < -0.4 is 5.32 Å². The molecule has 3 amide bonds. The summed E-state index contributed by atoms with van der Waals surface area (Å²) in [5.41, 5.74) is 1.06. The Balaban J connectivity index is 1.53. The van der Waals surface area contributed by atoms with Gasteiger partial charge in [-0.25, -0.2) is 4.79 Å². The molecule has 3 fully saturated rings. The normalized spacial score (nSPS) is 26.4. The number of hydrogen-bond acceptors (Lipinski definition) is 3. The number of rotatable bonds is 3. The highest BCUT2D eigenvalue weighted by Gasteiger charge is 2.55. The van der Waals surface area contributed by atoms with Crippen molar-refractivity contribution in [3.8, 4) is 0 Å². The number of carboxylic acid groups (broad SMARTS) is 1. The maximum atomic E-state index is 13.0. The molecule has 7 heteroatoms. The van der Waals surface area contributed by atoms with Crippen molar-refractivity contribution >= 4 is 23.6 Å². The number of carbonyl (C=O) groups is 3. The molecule has 2 atom stereocenters. The molecule has 1 saturated carbocycles. The summed E-state index contributed by atoms with van der Waals surface area (Å²) in [6, 6.07) is 5.12. The summed E-state index contributed by atoms with van der Waals surface area (Å²) >= 11 is 0. The molecule has 0 bridgehead atoms. The van der Waals surface area contributed by atoms with Crippen molar-refractivity contribution in [2.75, 3.05) is 31.5 Å². The number of benzene rings is 1. The van der Waals surface area contributed by atoms with Crippen molar-refractivity contribution in [3.05, 3.63) is 29.3 Å². The average Bonchev–Trinajstić information content (AvgIpc) is 3.37. The molecule has 0 spiro atoms. The topological polar surface area (TPSA) is 90.0 Å². The van der Waals surface area contributed by atoms with E-state index in [1.165, 1.54) is 0 Å². The molecule has 0 aromatic heterocycles. The van der Waals surface area contributed by atoms with Gasteiger partial charge in [0.1, 0.15) is 0 Å². The molecule has 1 aromatic rings. The Hall–Kier alpha value is -2.57. The molecular weight excluding hydrogens is 358 g/mol. The Bertz CT molecular complexity index is 818. The number of nitrogens with zero attached hydrogens (tertiary/aromatic N) is 2. The zero-order chi connectivity index (χ0) is 19.9. The summed E-state index contributed by atoms with van der Waals surface area (Å²) in [6.07, 6.45) is 4.38. The van der Waals surface area contributed by atoms with Crippen molar-refractivity contribution in [2.45, 2.75) is 39.0 Å². The van der Waals surface area contributed by atoms with Crippen LogP contribution in [0.1, 0.15) is 48.0 Å². The van der Waals surface area contributed by atoms with Crippen LogP contribution in [0.5, 0.6) is 0 Å². The number of urea groups is 1. The first kappa shape index (κ1) is 18.8. The number of anilines is 1. The molecule has 1 aromatic carbocycles. The number of hydrogen-bond donors (Lipinski definition) is 2. The van der Waals surface area contributed by atoms with Crippen molar-refractivity contribution in [3.63, 3.8) is 0 Å². The van der Waals surface area contributed by atoms with E-state index in [0.29, 0.717) is 24.2 Å². The van der Waals surface area contributed by atoms with Crippen LogP contribution in [0.4, 0.5) is 10.5 Å². The minimum atomic E-state index is -0.807. The summed E-state index contributed by atoms with van der Waals surface area (Å²) < 4.78 is 0. The van der Waals surface area contributed by atoms with E-state index in [0.717, 1.165) is 44.3 Å². The van der Waals surface area contributed by atoms with Gasteiger partial charge in [-0.15, -0.1) is 0 Å². The highest BCUT2D eigenvalue weighted by Crippen LogP contribution is 2.49. The minimum Gasteiger partial charge on any atom is -0.481 e. The summed E-state index contributed by atoms with van der Waals surface area (Å²) in [7, 11) is 0. The SMILES string of the molecule is Cc1cccc(NC(=O)N2C[C@@H]3CCC[C@@]3(C(=O)O)C2)c1C(=O)N1CCCC1. The van der Waals surface area contributed by atoms with E-state index in [1.807, 2.05) is 24.0 Å². The lowest BCUT2D eigenvalue weighted by atomic mass is 9.81. The van der Waals surface area contributed by atoms with Crippen LogP contribution in [-0.2, 0) is 4.79 Å². The summed E-state index contributed by atoms with van der Waals surface area (Å²) in [5, 5.41) is 12.6. The van der Waals surface area contributed by atoms with Gasteiger partial charge in [-0.2, -0.15) is 0 Å². The highest BCUT2D eigenvalue weighted by atomic mass is 16.4. The van der Waals surface area contributed by atoms with Gasteiger partial charge in [-0.05, 0) is 50.2 Å². The number of nitrogens with one attached hydrogen (secondary N) is 1. The first-order valence-corrected chi connectivity index (χ1v) is 10.1. The number of aliphatic carboxylic acids is 1. The van der Waals surface area contributed by atoms with Gasteiger partial charge in [0, 0.05) is 26.2 Å². The molecule has 4 rings (SSSR count). The third kappa shape index (κ3) is 3.02. The van der Waals surface area contributed by atoms with E-state index in [9.17, 15) is 19.5 Å². The van der Waals surface area contributed by atoms with Crippen LogP contribution >= 0.6 is 0 Å². The third-order valence-corrected chi connectivity index (χ3v) is 6.71. The van der Waals surface area contributed by atoms with E-state index in [4.69, 9.17) is 0 Å². The fourth-order valence-electron chi connectivity index (χ4n) is 5.12. The molecule has 150 valence electrons. The predicted molar refractivity (Wildman–Crippen MR) is 104 cm³/mol. The van der Waals surface area contributed by atoms with Gasteiger partial charge in [-0.3, -0.25) is 9.59 Å². The maximum Gasteiger partial charge on any atom is 0.321 e. The number of amides is 3. The Morgan fingerprint density at radius 3 is 2.57 bits per heavy atom. The molecule has 0 radical (unpaired) electrons. The second-order valence-corrected chi connectivity index (χ2v) is 8.36. The van der Waals surface area contributed by atoms with Gasteiger partial charge in [0.2, 0.25) is 0 Å². The van der Waals surface area contributed by atoms with Crippen LogP contribution in [-0.4, -0.2) is 59.0 Å². The zero-order valence-electron chi connectivity index (χ0n) is 16.2. The van der Waals surface area contributed by atoms with E-state index >= 15 is 0 Å². The average molecular weight is 385 g/mol. The smallest absolute Gasteiger partial charge is 0.321 e. The highest BCUT2D eigenvalue weighted by molar-refractivity contribution is 6.04. The standard InChI is InChI=1S/C21H27N3O4/c1-14-6-4-8-16(17(14)18(25)23-10-2-3-11-23)22-20(28)24-12-15-7-5-9-21(15,13-24)19(26)27/h4,6,8,15H,2-3,5,7,9-13H2,1H3,(H,22,28)(H,26,27)/t15-,21+/m0/s1. The van der Waals surface area contributed by atoms with E-state index in [2.05, 4.69) is 5.32 Å². The predicted octanol–water partition coefficient (Wildman–Crippen LogP) is 2.95. The van der Waals surface area contributed by atoms with Crippen LogP contribution in [0.2, 0.25) is 0 Å². The molecule has 2 N–H and O–H groups in total. The summed E-state index contributed by atoms with van der Waals surface area (Å²) in [5.74, 6) is -0.837. The van der Waals surface area contributed by atoms with Gasteiger partial charge < -0.3 is 20.2 Å². The van der Waals surface area contributed by atoms with Crippen LogP contribution in [0, 0.1) is 18.3 Å². The largest absolute Gasteiger partial charge is 0.481 e. The van der Waals surface area contributed by atoms with Gasteiger partial charge in [-0.1, -0.05) is 18.6 Å². The molecule has 1 aliphatic carbocycles. The number of fused-ring (bicyclic) bond motifs is 1. The van der Waals surface area contributed by atoms with Crippen molar-refractivity contribution < 1.29 is 19.5 Å². The monoisotopic (exact) mass is 385 g/mol. The van der Waals surface area contributed by atoms with Gasteiger partial charge in [0.25, 0.3) is 5.91 Å². The summed E-state index contributed by atoms with van der Waals surface area (Å²) in [4.78, 5) is 41.2. The van der Waals surface area contributed by atoms with Crippen molar-refractivity contribution in [2.24, 2.45) is 11.3 Å². The Morgan fingerprint density at radius 1 is 1.14 bits per heavy atom. The minimum absolute atomic E-state index is 0.0129. The Kier molecular flexibility index (Phi) is 4.77. The fourth-order valence-corrected chi connectivity index (χ4v) is 5.12. The van der Waals surface area contributed by atoms with E-state index < -0.39 is 11.4 Å². The molecule has 2 aliphatic heterocycles.